The maximum absolute atomic E-state index is 10.6. The largest absolute Gasteiger partial charge is 0.478 e. The zero-order valence-electron chi connectivity index (χ0n) is 17.6. The summed E-state index contributed by atoms with van der Waals surface area (Å²) < 4.78 is 5.79. The van der Waals surface area contributed by atoms with Gasteiger partial charge in [-0.25, -0.2) is 9.59 Å². The van der Waals surface area contributed by atoms with Crippen LogP contribution in [0.25, 0.3) is 0 Å². The number of morpholine rings is 1. The monoisotopic (exact) mass is 431 g/mol. The third kappa shape index (κ3) is 6.86. The average Bonchev–Trinajstić information content (AvgIpc) is 2.75. The number of hydrogen-bond acceptors (Lipinski definition) is 5. The molecule has 0 aromatic heterocycles. The molecule has 0 spiro atoms. The van der Waals surface area contributed by atoms with E-state index < -0.39 is 11.9 Å². The Kier molecular flexibility index (Phi) is 9.36. The van der Waals surface area contributed by atoms with Crippen LogP contribution in [-0.4, -0.2) is 54.2 Å². The number of rotatable bonds is 6. The molecule has 2 aromatic rings. The third-order valence-corrected chi connectivity index (χ3v) is 5.85. The third-order valence-electron chi connectivity index (χ3n) is 5.10. The molecule has 1 fully saturated rings. The molecule has 1 saturated heterocycles. The molecule has 2 aromatic carbocycles. The first-order valence-corrected chi connectivity index (χ1v) is 11.1. The van der Waals surface area contributed by atoms with Crippen molar-refractivity contribution in [3.63, 3.8) is 0 Å². The van der Waals surface area contributed by atoms with Gasteiger partial charge >= 0.3 is 11.9 Å². The minimum atomic E-state index is -1.11. The molecule has 3 rings (SSSR count). The normalized spacial score (nSPS) is 16.8. The lowest BCUT2D eigenvalue weighted by atomic mass is 9.95. The molecule has 2 unspecified atom stereocenters. The summed E-state index contributed by atoms with van der Waals surface area (Å²) in [6, 6.07) is 13.0. The van der Waals surface area contributed by atoms with Crippen LogP contribution in [-0.2, 0) is 11.2 Å². The Balaban J connectivity index is 0.000000222. The summed E-state index contributed by atoms with van der Waals surface area (Å²) in [5, 5.41) is 20.7. The van der Waals surface area contributed by atoms with E-state index in [4.69, 9.17) is 14.9 Å². The van der Waals surface area contributed by atoms with Crippen LogP contribution < -0.4 is 5.32 Å². The molecule has 3 N–H and O–H groups in total. The molecule has 2 atom stereocenters. The van der Waals surface area contributed by atoms with Crippen LogP contribution in [0.4, 0.5) is 0 Å². The van der Waals surface area contributed by atoms with E-state index >= 15 is 0 Å². The van der Waals surface area contributed by atoms with Gasteiger partial charge in [0.15, 0.2) is 0 Å². The molecule has 0 saturated carbocycles. The maximum atomic E-state index is 10.6. The molecule has 7 heteroatoms. The fourth-order valence-electron chi connectivity index (χ4n) is 3.32. The Bertz CT molecular complexity index is 815. The smallest absolute Gasteiger partial charge is 0.335 e. The van der Waals surface area contributed by atoms with E-state index in [1.165, 1.54) is 35.6 Å². The number of benzene rings is 2. The molecular weight excluding hydrogens is 402 g/mol. The summed E-state index contributed by atoms with van der Waals surface area (Å²) in [5.41, 5.74) is 1.74. The van der Waals surface area contributed by atoms with Crippen molar-refractivity contribution < 1.29 is 24.5 Å². The minimum Gasteiger partial charge on any atom is -0.478 e. The van der Waals surface area contributed by atoms with Crippen LogP contribution in [0.5, 0.6) is 0 Å². The van der Waals surface area contributed by atoms with Crippen molar-refractivity contribution in [3.8, 4) is 0 Å². The van der Waals surface area contributed by atoms with Gasteiger partial charge in [0, 0.05) is 18.0 Å². The molecular formula is C23H29NO5S. The van der Waals surface area contributed by atoms with E-state index in [0.29, 0.717) is 12.0 Å². The topological polar surface area (TPSA) is 95.9 Å². The van der Waals surface area contributed by atoms with Crippen LogP contribution in [0.2, 0.25) is 0 Å². The first-order valence-electron chi connectivity index (χ1n) is 9.85. The Morgan fingerprint density at radius 3 is 2.20 bits per heavy atom. The van der Waals surface area contributed by atoms with E-state index in [1.54, 1.807) is 11.8 Å². The molecule has 162 valence electrons. The van der Waals surface area contributed by atoms with Crippen molar-refractivity contribution in [1.29, 1.82) is 0 Å². The molecule has 0 radical (unpaired) electrons. The summed E-state index contributed by atoms with van der Waals surface area (Å²) >= 11 is 1.79. The second-order valence-corrected chi connectivity index (χ2v) is 8.11. The Hall–Kier alpha value is -2.35. The summed E-state index contributed by atoms with van der Waals surface area (Å²) in [7, 11) is 0. The van der Waals surface area contributed by atoms with Gasteiger partial charge in [0.05, 0.1) is 23.8 Å². The summed E-state index contributed by atoms with van der Waals surface area (Å²) in [4.78, 5) is 22.5. The van der Waals surface area contributed by atoms with Crippen molar-refractivity contribution in [2.75, 3.05) is 26.0 Å². The van der Waals surface area contributed by atoms with E-state index in [0.717, 1.165) is 26.1 Å². The number of ether oxygens (including phenoxy) is 1. The van der Waals surface area contributed by atoms with Gasteiger partial charge in [-0.2, -0.15) is 0 Å². The second kappa shape index (κ2) is 11.7. The Morgan fingerprint density at radius 1 is 1.13 bits per heavy atom. The first kappa shape index (κ1) is 23.9. The SMILES string of the molecule is CSc1ccc(CC(C)C2CNCCO2)cc1.Cc1c(C(=O)O)cccc1C(=O)O. The zero-order chi connectivity index (χ0) is 22.1. The van der Waals surface area contributed by atoms with Crippen LogP contribution >= 0.6 is 11.8 Å². The molecule has 0 aliphatic carbocycles. The average molecular weight is 432 g/mol. The van der Waals surface area contributed by atoms with Gasteiger partial charge < -0.3 is 20.3 Å². The molecule has 0 bridgehead atoms. The van der Waals surface area contributed by atoms with E-state index in [1.807, 2.05) is 0 Å². The lowest BCUT2D eigenvalue weighted by molar-refractivity contribution is -0.00411. The Labute approximate surface area is 181 Å². The van der Waals surface area contributed by atoms with Crippen molar-refractivity contribution in [2.45, 2.75) is 31.3 Å². The molecule has 0 amide bonds. The lowest BCUT2D eigenvalue weighted by Gasteiger charge is -2.28. The van der Waals surface area contributed by atoms with Crippen molar-refractivity contribution in [1.82, 2.24) is 5.32 Å². The molecule has 30 heavy (non-hydrogen) atoms. The van der Waals surface area contributed by atoms with Gasteiger partial charge in [0.25, 0.3) is 0 Å². The van der Waals surface area contributed by atoms with Gasteiger partial charge in [-0.3, -0.25) is 0 Å². The van der Waals surface area contributed by atoms with E-state index in [2.05, 4.69) is 42.8 Å². The molecule has 1 heterocycles. The van der Waals surface area contributed by atoms with Crippen molar-refractivity contribution >= 4 is 23.7 Å². The fraction of sp³-hybridized carbons (Fsp3) is 0.391. The number of hydrogen-bond donors (Lipinski definition) is 3. The highest BCUT2D eigenvalue weighted by atomic mass is 32.2. The fourth-order valence-corrected chi connectivity index (χ4v) is 3.72. The van der Waals surface area contributed by atoms with Gasteiger partial charge in [0.1, 0.15) is 0 Å². The lowest BCUT2D eigenvalue weighted by Crippen LogP contribution is -2.42. The zero-order valence-corrected chi connectivity index (χ0v) is 18.4. The van der Waals surface area contributed by atoms with Crippen molar-refractivity contribution in [2.24, 2.45) is 5.92 Å². The van der Waals surface area contributed by atoms with Gasteiger partial charge in [-0.15, -0.1) is 11.8 Å². The van der Waals surface area contributed by atoms with Crippen molar-refractivity contribution in [3.05, 3.63) is 64.7 Å². The number of thioether (sulfide) groups is 1. The number of carbonyl (C=O) groups is 2. The minimum absolute atomic E-state index is 0.0277. The van der Waals surface area contributed by atoms with Crippen LogP contribution in [0.1, 0.15) is 38.8 Å². The highest BCUT2D eigenvalue weighted by Gasteiger charge is 2.20. The van der Waals surface area contributed by atoms with Crippen LogP contribution in [0.3, 0.4) is 0 Å². The predicted molar refractivity (Wildman–Crippen MR) is 119 cm³/mol. The summed E-state index contributed by atoms with van der Waals surface area (Å²) in [5.74, 6) is -1.65. The van der Waals surface area contributed by atoms with E-state index in [-0.39, 0.29) is 16.7 Å². The molecule has 6 nitrogen and oxygen atoms in total. The summed E-state index contributed by atoms with van der Waals surface area (Å²) in [6.07, 6.45) is 3.57. The highest BCUT2D eigenvalue weighted by Crippen LogP contribution is 2.19. The first-order chi connectivity index (χ1) is 14.3. The number of carboxylic acid groups (broad SMARTS) is 2. The molecule has 1 aliphatic rings. The Morgan fingerprint density at radius 2 is 1.73 bits per heavy atom. The van der Waals surface area contributed by atoms with E-state index in [9.17, 15) is 9.59 Å². The standard InChI is InChI=1S/C14H21NOS.C9H8O4/c1-11(14-10-15-7-8-16-14)9-12-3-5-13(17-2)6-4-12;1-5-6(8(10)11)3-2-4-7(5)9(12)13/h3-6,11,14-15H,7-10H2,1-2H3;2-4H,1H3,(H,10,11)(H,12,13). The van der Waals surface area contributed by atoms with Gasteiger partial charge in [-0.05, 0) is 60.9 Å². The maximum Gasteiger partial charge on any atom is 0.335 e. The number of carboxylic acids is 2. The number of aromatic carboxylic acids is 2. The van der Waals surface area contributed by atoms with Crippen LogP contribution in [0, 0.1) is 12.8 Å². The quantitative estimate of drug-likeness (QED) is 0.596. The number of nitrogens with one attached hydrogen (secondary N) is 1. The second-order valence-electron chi connectivity index (χ2n) is 7.23. The molecule has 1 aliphatic heterocycles. The van der Waals surface area contributed by atoms with Crippen LogP contribution in [0.15, 0.2) is 47.4 Å². The highest BCUT2D eigenvalue weighted by molar-refractivity contribution is 7.98. The van der Waals surface area contributed by atoms with Gasteiger partial charge in [-0.1, -0.05) is 25.1 Å². The summed E-state index contributed by atoms with van der Waals surface area (Å²) in [6.45, 7) is 6.59. The predicted octanol–water partition coefficient (Wildman–Crippen LogP) is 3.97. The van der Waals surface area contributed by atoms with Gasteiger partial charge in [0.2, 0.25) is 0 Å².